The number of ether oxygens (including phenoxy) is 2. The summed E-state index contributed by atoms with van der Waals surface area (Å²) in [5.74, 6) is 0.0568. The van der Waals surface area contributed by atoms with Gasteiger partial charge in [0.2, 0.25) is 0 Å². The summed E-state index contributed by atoms with van der Waals surface area (Å²) in [7, 11) is 3.05. The summed E-state index contributed by atoms with van der Waals surface area (Å²) in [5.41, 5.74) is 7.58. The van der Waals surface area contributed by atoms with Crippen LogP contribution in [0.15, 0.2) is 30.3 Å². The van der Waals surface area contributed by atoms with Gasteiger partial charge in [-0.1, -0.05) is 19.1 Å². The van der Waals surface area contributed by atoms with Crippen molar-refractivity contribution in [1.29, 1.82) is 0 Å². The van der Waals surface area contributed by atoms with E-state index in [4.69, 9.17) is 9.47 Å². The number of hydrogen-bond acceptors (Lipinski definition) is 6. The Morgan fingerprint density at radius 2 is 1.74 bits per heavy atom. The Morgan fingerprint density at radius 3 is 2.41 bits per heavy atom. The fourth-order valence-electron chi connectivity index (χ4n) is 5.34. The van der Waals surface area contributed by atoms with Crippen LogP contribution in [0, 0.1) is 20.8 Å². The molecule has 1 aromatic heterocycles. The van der Waals surface area contributed by atoms with E-state index in [1.165, 1.54) is 7.11 Å². The van der Waals surface area contributed by atoms with Crippen molar-refractivity contribution in [2.75, 3.05) is 64.2 Å². The normalized spacial score (nSPS) is 14.1. The van der Waals surface area contributed by atoms with Crippen molar-refractivity contribution < 1.29 is 19.1 Å². The Kier molecular flexibility index (Phi) is 9.14. The molecule has 4 rings (SSSR count). The molecular formula is C30H41N5O4. The van der Waals surface area contributed by atoms with Crippen LogP contribution >= 0.6 is 0 Å². The standard InChI is InChI=1S/C30H41N5O4/c1-7-33-11-13-34(14-12-33)29(36)23-17-24-21(3)22(4)35(15-16-38-5)28(24)27(18-23)31-19-25-20(2)9-8-10-26(25)32-30(37)39-6/h8-10,17-18,31H,7,11-16,19H2,1-6H3,(H,32,37). The predicted molar refractivity (Wildman–Crippen MR) is 156 cm³/mol. The highest BCUT2D eigenvalue weighted by molar-refractivity contribution is 6.04. The third-order valence-corrected chi connectivity index (χ3v) is 7.89. The number of piperazine rings is 1. The van der Waals surface area contributed by atoms with Crippen molar-refractivity contribution in [2.45, 2.75) is 40.8 Å². The highest BCUT2D eigenvalue weighted by Gasteiger charge is 2.24. The van der Waals surface area contributed by atoms with Gasteiger partial charge >= 0.3 is 6.09 Å². The van der Waals surface area contributed by atoms with Crippen molar-refractivity contribution in [3.05, 3.63) is 58.3 Å². The number of methoxy groups -OCH3 is 2. The van der Waals surface area contributed by atoms with Crippen LogP contribution in [-0.4, -0.2) is 79.9 Å². The number of nitrogens with one attached hydrogen (secondary N) is 2. The second kappa shape index (κ2) is 12.5. The third kappa shape index (κ3) is 6.04. The molecule has 0 spiro atoms. The molecule has 0 bridgehead atoms. The average Bonchev–Trinajstić information content (AvgIpc) is 3.19. The minimum absolute atomic E-state index is 0.0568. The Morgan fingerprint density at radius 1 is 1.00 bits per heavy atom. The van der Waals surface area contributed by atoms with Gasteiger partial charge in [0, 0.05) is 68.7 Å². The van der Waals surface area contributed by atoms with Gasteiger partial charge < -0.3 is 29.2 Å². The fraction of sp³-hybridized carbons (Fsp3) is 0.467. The van der Waals surface area contributed by atoms with Crippen LogP contribution in [0.25, 0.3) is 10.9 Å². The van der Waals surface area contributed by atoms with E-state index < -0.39 is 6.09 Å². The quantitative estimate of drug-likeness (QED) is 0.410. The van der Waals surface area contributed by atoms with Gasteiger partial charge in [0.1, 0.15) is 0 Å². The second-order valence-electron chi connectivity index (χ2n) is 10.1. The first kappa shape index (κ1) is 28.4. The van der Waals surface area contributed by atoms with Crippen LogP contribution in [0.1, 0.15) is 39.7 Å². The smallest absolute Gasteiger partial charge is 0.411 e. The lowest BCUT2D eigenvalue weighted by molar-refractivity contribution is 0.0643. The van der Waals surface area contributed by atoms with E-state index in [2.05, 4.69) is 40.9 Å². The predicted octanol–water partition coefficient (Wildman–Crippen LogP) is 4.78. The summed E-state index contributed by atoms with van der Waals surface area (Å²) in [6, 6.07) is 9.80. The maximum Gasteiger partial charge on any atom is 0.411 e. The molecule has 1 aliphatic rings. The summed E-state index contributed by atoms with van der Waals surface area (Å²) in [6.45, 7) is 14.4. The molecule has 3 aromatic rings. The first-order valence-corrected chi connectivity index (χ1v) is 13.6. The number of nitrogens with zero attached hydrogens (tertiary/aromatic N) is 3. The molecule has 2 heterocycles. The maximum atomic E-state index is 13.7. The number of aromatic nitrogens is 1. The Balaban J connectivity index is 1.75. The van der Waals surface area contributed by atoms with E-state index in [1.807, 2.05) is 42.2 Å². The van der Waals surface area contributed by atoms with E-state index in [1.54, 1.807) is 7.11 Å². The lowest BCUT2D eigenvalue weighted by Gasteiger charge is -2.34. The first-order valence-electron chi connectivity index (χ1n) is 13.6. The van der Waals surface area contributed by atoms with Gasteiger partial charge in [-0.2, -0.15) is 0 Å². The Bertz CT molecular complexity index is 1340. The van der Waals surface area contributed by atoms with Crippen LogP contribution in [-0.2, 0) is 22.6 Å². The SMILES string of the molecule is CCN1CCN(C(=O)c2cc(NCc3c(C)cccc3NC(=O)OC)c3c(c2)c(C)c(C)n3CCOC)CC1. The summed E-state index contributed by atoms with van der Waals surface area (Å²) in [6.07, 6.45) is -0.514. The molecule has 2 N–H and O–H groups in total. The molecule has 1 saturated heterocycles. The van der Waals surface area contributed by atoms with Gasteiger partial charge in [-0.3, -0.25) is 10.1 Å². The molecule has 0 radical (unpaired) electrons. The highest BCUT2D eigenvalue weighted by atomic mass is 16.5. The molecule has 0 atom stereocenters. The number of rotatable bonds is 9. The van der Waals surface area contributed by atoms with Crippen molar-refractivity contribution in [3.63, 3.8) is 0 Å². The Hall–Kier alpha value is -3.56. The lowest BCUT2D eigenvalue weighted by Crippen LogP contribution is -2.48. The minimum atomic E-state index is -0.514. The van der Waals surface area contributed by atoms with Crippen LogP contribution in [0.5, 0.6) is 0 Å². The molecule has 0 saturated carbocycles. The van der Waals surface area contributed by atoms with Gasteiger partial charge in [0.25, 0.3) is 5.91 Å². The van der Waals surface area contributed by atoms with Crippen LogP contribution in [0.2, 0.25) is 0 Å². The molecule has 1 fully saturated rings. The number of likely N-dealkylation sites (N-methyl/N-ethyl adjacent to an activating group) is 1. The van der Waals surface area contributed by atoms with Crippen LogP contribution < -0.4 is 10.6 Å². The lowest BCUT2D eigenvalue weighted by atomic mass is 10.0. The summed E-state index contributed by atoms with van der Waals surface area (Å²) in [5, 5.41) is 7.49. The average molecular weight is 536 g/mol. The number of anilines is 2. The molecule has 39 heavy (non-hydrogen) atoms. The number of carbonyl (C=O) groups excluding carboxylic acids is 2. The molecule has 2 amide bonds. The van der Waals surface area contributed by atoms with Crippen molar-refractivity contribution in [3.8, 4) is 0 Å². The topological polar surface area (TPSA) is 88.1 Å². The largest absolute Gasteiger partial charge is 0.453 e. The van der Waals surface area contributed by atoms with Crippen molar-refractivity contribution >= 4 is 34.3 Å². The molecule has 0 aliphatic carbocycles. The van der Waals surface area contributed by atoms with Crippen LogP contribution in [0.4, 0.5) is 16.2 Å². The molecule has 0 unspecified atom stereocenters. The number of hydrogen-bond donors (Lipinski definition) is 2. The molecular weight excluding hydrogens is 494 g/mol. The fourth-order valence-corrected chi connectivity index (χ4v) is 5.34. The zero-order chi connectivity index (χ0) is 28.1. The van der Waals surface area contributed by atoms with E-state index in [0.717, 1.165) is 71.7 Å². The minimum Gasteiger partial charge on any atom is -0.453 e. The maximum absolute atomic E-state index is 13.7. The van der Waals surface area contributed by atoms with E-state index in [9.17, 15) is 9.59 Å². The molecule has 9 heteroatoms. The van der Waals surface area contributed by atoms with Gasteiger partial charge in [-0.15, -0.1) is 0 Å². The first-order chi connectivity index (χ1) is 18.8. The number of carbonyl (C=O) groups is 2. The van der Waals surface area contributed by atoms with Gasteiger partial charge in [0.05, 0.1) is 24.9 Å². The zero-order valence-electron chi connectivity index (χ0n) is 24.0. The number of fused-ring (bicyclic) bond motifs is 1. The molecule has 210 valence electrons. The van der Waals surface area contributed by atoms with Crippen molar-refractivity contribution in [2.24, 2.45) is 0 Å². The molecule has 1 aliphatic heterocycles. The van der Waals surface area contributed by atoms with E-state index in [-0.39, 0.29) is 5.91 Å². The number of aryl methyl sites for hydroxylation is 2. The molecule has 2 aromatic carbocycles. The van der Waals surface area contributed by atoms with Crippen molar-refractivity contribution in [1.82, 2.24) is 14.4 Å². The zero-order valence-corrected chi connectivity index (χ0v) is 24.0. The third-order valence-electron chi connectivity index (χ3n) is 7.89. The summed E-state index contributed by atoms with van der Waals surface area (Å²) >= 11 is 0. The van der Waals surface area contributed by atoms with Crippen LogP contribution in [0.3, 0.4) is 0 Å². The van der Waals surface area contributed by atoms with Gasteiger partial charge in [-0.05, 0) is 62.2 Å². The van der Waals surface area contributed by atoms with E-state index in [0.29, 0.717) is 30.9 Å². The number of amides is 2. The Labute approximate surface area is 231 Å². The monoisotopic (exact) mass is 535 g/mol. The van der Waals surface area contributed by atoms with Gasteiger partial charge in [-0.25, -0.2) is 4.79 Å². The van der Waals surface area contributed by atoms with E-state index >= 15 is 0 Å². The van der Waals surface area contributed by atoms with Gasteiger partial charge in [0.15, 0.2) is 0 Å². The summed E-state index contributed by atoms with van der Waals surface area (Å²) in [4.78, 5) is 30.0. The molecule has 9 nitrogen and oxygen atoms in total. The number of benzene rings is 2. The highest BCUT2D eigenvalue weighted by Crippen LogP contribution is 2.34. The summed E-state index contributed by atoms with van der Waals surface area (Å²) < 4.78 is 12.5. The second-order valence-corrected chi connectivity index (χ2v) is 10.1.